The SMILES string of the molecule is O=S(=O)(O)CC1CCCCC1.[H-].[Na+]. The molecule has 12 heavy (non-hydrogen) atoms. The van der Waals surface area contributed by atoms with Crippen molar-refractivity contribution in [2.75, 3.05) is 5.75 Å². The fraction of sp³-hybridized carbons (Fsp3) is 1.00. The van der Waals surface area contributed by atoms with Crippen LogP contribution in [0.15, 0.2) is 0 Å². The Morgan fingerprint density at radius 3 is 2.17 bits per heavy atom. The van der Waals surface area contributed by atoms with Crippen LogP contribution >= 0.6 is 0 Å². The van der Waals surface area contributed by atoms with Gasteiger partial charge < -0.3 is 1.43 Å². The van der Waals surface area contributed by atoms with E-state index in [2.05, 4.69) is 0 Å². The summed E-state index contributed by atoms with van der Waals surface area (Å²) in [5.41, 5.74) is 0. The van der Waals surface area contributed by atoms with Gasteiger partial charge in [-0.05, 0) is 18.8 Å². The Bertz CT molecular complexity index is 212. The molecule has 0 aromatic carbocycles. The van der Waals surface area contributed by atoms with Crippen LogP contribution in [0.5, 0.6) is 0 Å². The monoisotopic (exact) mass is 202 g/mol. The average molecular weight is 202 g/mol. The molecule has 1 saturated carbocycles. The van der Waals surface area contributed by atoms with Crippen LogP contribution in [0.25, 0.3) is 0 Å². The summed E-state index contributed by atoms with van der Waals surface area (Å²) in [4.78, 5) is 0. The molecular formula is C7H15NaO3S. The summed E-state index contributed by atoms with van der Waals surface area (Å²) in [6, 6.07) is 0. The predicted molar refractivity (Wildman–Crippen MR) is 44.1 cm³/mol. The molecule has 1 aliphatic carbocycles. The molecule has 0 saturated heterocycles. The van der Waals surface area contributed by atoms with E-state index in [1.165, 1.54) is 6.42 Å². The molecule has 3 nitrogen and oxygen atoms in total. The molecule has 0 aromatic rings. The quantitative estimate of drug-likeness (QED) is 0.441. The number of hydrogen-bond acceptors (Lipinski definition) is 2. The maximum Gasteiger partial charge on any atom is 1.00 e. The van der Waals surface area contributed by atoms with E-state index < -0.39 is 10.1 Å². The third-order valence-corrected chi connectivity index (χ3v) is 3.06. The molecule has 5 heteroatoms. The van der Waals surface area contributed by atoms with Gasteiger partial charge in [0, 0.05) is 0 Å². The van der Waals surface area contributed by atoms with Gasteiger partial charge in [-0.25, -0.2) is 0 Å². The topological polar surface area (TPSA) is 54.4 Å². The number of rotatable bonds is 2. The summed E-state index contributed by atoms with van der Waals surface area (Å²) < 4.78 is 29.5. The van der Waals surface area contributed by atoms with Crippen LogP contribution in [-0.4, -0.2) is 18.7 Å². The van der Waals surface area contributed by atoms with Crippen LogP contribution in [0.3, 0.4) is 0 Å². The van der Waals surface area contributed by atoms with Gasteiger partial charge in [-0.15, -0.1) is 0 Å². The van der Waals surface area contributed by atoms with Crippen LogP contribution in [0.1, 0.15) is 33.5 Å². The minimum atomic E-state index is -3.72. The third kappa shape index (κ3) is 5.54. The Balaban J connectivity index is 0. The second-order valence-corrected chi connectivity index (χ2v) is 4.75. The third-order valence-electron chi connectivity index (χ3n) is 2.17. The Morgan fingerprint density at radius 1 is 1.25 bits per heavy atom. The second kappa shape index (κ2) is 5.60. The van der Waals surface area contributed by atoms with Crippen LogP contribution in [0.2, 0.25) is 0 Å². The molecule has 0 spiro atoms. The maximum atomic E-state index is 10.5. The van der Waals surface area contributed by atoms with E-state index in [1.807, 2.05) is 0 Å². The first kappa shape index (κ1) is 12.9. The zero-order valence-electron chi connectivity index (χ0n) is 8.49. The molecule has 0 amide bonds. The van der Waals surface area contributed by atoms with E-state index in [9.17, 15) is 8.42 Å². The molecule has 0 atom stereocenters. The fourth-order valence-corrected chi connectivity index (χ4v) is 2.58. The fourth-order valence-electron chi connectivity index (χ4n) is 1.65. The molecule has 1 N–H and O–H groups in total. The van der Waals surface area contributed by atoms with Gasteiger partial charge in [-0.1, -0.05) is 19.3 Å². The largest absolute Gasteiger partial charge is 1.00 e. The zero-order valence-corrected chi connectivity index (χ0v) is 10.3. The van der Waals surface area contributed by atoms with E-state index in [-0.39, 0.29) is 42.7 Å². The molecule has 1 aliphatic rings. The Morgan fingerprint density at radius 2 is 1.75 bits per heavy atom. The molecule has 1 rings (SSSR count). The predicted octanol–water partition coefficient (Wildman–Crippen LogP) is -1.43. The van der Waals surface area contributed by atoms with E-state index >= 15 is 0 Å². The molecule has 1 fully saturated rings. The summed E-state index contributed by atoms with van der Waals surface area (Å²) in [6.07, 6.45) is 5.35. The van der Waals surface area contributed by atoms with Gasteiger partial charge in [0.1, 0.15) is 0 Å². The van der Waals surface area contributed by atoms with Crippen molar-refractivity contribution in [2.45, 2.75) is 32.1 Å². The van der Waals surface area contributed by atoms with Crippen molar-refractivity contribution in [2.24, 2.45) is 5.92 Å². The molecule has 68 valence electrons. The number of hydrogen-bond donors (Lipinski definition) is 1. The summed E-state index contributed by atoms with van der Waals surface area (Å²) in [5, 5.41) is 0. The van der Waals surface area contributed by atoms with Crippen molar-refractivity contribution in [1.29, 1.82) is 0 Å². The molecule has 0 heterocycles. The molecule has 0 bridgehead atoms. The molecule has 0 aliphatic heterocycles. The first-order valence-electron chi connectivity index (χ1n) is 4.03. The van der Waals surface area contributed by atoms with Gasteiger partial charge in [-0.3, -0.25) is 4.55 Å². The van der Waals surface area contributed by atoms with Gasteiger partial charge in [0.15, 0.2) is 0 Å². The standard InChI is InChI=1S/C7H14O3S.Na.H/c8-11(9,10)6-7-4-2-1-3-5-7;;/h7H,1-6H2,(H,8,9,10);;/q;+1;-1. The van der Waals surface area contributed by atoms with Crippen LogP contribution < -0.4 is 29.6 Å². The summed E-state index contributed by atoms with van der Waals surface area (Å²) in [6.45, 7) is 0. The molecular weight excluding hydrogens is 187 g/mol. The van der Waals surface area contributed by atoms with Crippen molar-refractivity contribution >= 4 is 10.1 Å². The van der Waals surface area contributed by atoms with Crippen molar-refractivity contribution < 1.29 is 44.0 Å². The second-order valence-electron chi connectivity index (χ2n) is 3.25. The van der Waals surface area contributed by atoms with Crippen LogP contribution in [0, 0.1) is 5.92 Å². The summed E-state index contributed by atoms with van der Waals surface area (Å²) in [7, 11) is -3.72. The Kier molecular flexibility index (Phi) is 6.03. The van der Waals surface area contributed by atoms with Crippen molar-refractivity contribution in [3.63, 3.8) is 0 Å². The maximum absolute atomic E-state index is 10.5. The first-order valence-corrected chi connectivity index (χ1v) is 5.64. The van der Waals surface area contributed by atoms with Gasteiger partial charge in [0.05, 0.1) is 5.75 Å². The average Bonchev–Trinajstić information content (AvgIpc) is 1.85. The van der Waals surface area contributed by atoms with Crippen LogP contribution in [0.4, 0.5) is 0 Å². The molecule has 0 radical (unpaired) electrons. The van der Waals surface area contributed by atoms with Gasteiger partial charge in [0.2, 0.25) is 0 Å². The van der Waals surface area contributed by atoms with Crippen LogP contribution in [-0.2, 0) is 10.1 Å². The Labute approximate surface area is 97.4 Å². The van der Waals surface area contributed by atoms with Gasteiger partial charge in [0.25, 0.3) is 10.1 Å². The van der Waals surface area contributed by atoms with Crippen molar-refractivity contribution in [3.8, 4) is 0 Å². The molecule has 0 aromatic heterocycles. The molecule has 0 unspecified atom stereocenters. The van der Waals surface area contributed by atoms with Crippen molar-refractivity contribution in [1.82, 2.24) is 0 Å². The van der Waals surface area contributed by atoms with Gasteiger partial charge >= 0.3 is 29.6 Å². The van der Waals surface area contributed by atoms with E-state index in [1.54, 1.807) is 0 Å². The Hall–Kier alpha value is 0.910. The zero-order chi connectivity index (χ0) is 8.32. The minimum absolute atomic E-state index is 0. The first-order chi connectivity index (χ1) is 5.08. The normalized spacial score (nSPS) is 20.1. The smallest absolute Gasteiger partial charge is 1.00 e. The van der Waals surface area contributed by atoms with E-state index in [0.29, 0.717) is 0 Å². The van der Waals surface area contributed by atoms with E-state index in [4.69, 9.17) is 4.55 Å². The van der Waals surface area contributed by atoms with E-state index in [0.717, 1.165) is 25.7 Å². The van der Waals surface area contributed by atoms with Crippen molar-refractivity contribution in [3.05, 3.63) is 0 Å². The van der Waals surface area contributed by atoms with Gasteiger partial charge in [-0.2, -0.15) is 8.42 Å². The minimum Gasteiger partial charge on any atom is -1.00 e. The summed E-state index contributed by atoms with van der Waals surface area (Å²) in [5.74, 6) is 0.172. The summed E-state index contributed by atoms with van der Waals surface area (Å²) >= 11 is 0.